The van der Waals surface area contributed by atoms with Gasteiger partial charge in [-0.05, 0) is 17.7 Å². The average molecular weight is 278 g/mol. The summed E-state index contributed by atoms with van der Waals surface area (Å²) in [5.41, 5.74) is 3.29. The number of hydrogen-bond donors (Lipinski definition) is 1. The van der Waals surface area contributed by atoms with E-state index in [-0.39, 0.29) is 6.61 Å². The Kier molecular flexibility index (Phi) is 4.03. The minimum Gasteiger partial charge on any atom is -0.395 e. The molecule has 0 radical (unpaired) electrons. The van der Waals surface area contributed by atoms with Crippen LogP contribution in [-0.4, -0.2) is 63.0 Å². The fourth-order valence-corrected chi connectivity index (χ4v) is 3.01. The predicted octanol–water partition coefficient (Wildman–Crippen LogP) is 0.801. The van der Waals surface area contributed by atoms with E-state index in [0.29, 0.717) is 0 Å². The number of aromatic nitrogens is 2. The third kappa shape index (κ3) is 3.09. The van der Waals surface area contributed by atoms with E-state index in [4.69, 9.17) is 5.11 Å². The van der Waals surface area contributed by atoms with Crippen LogP contribution in [0.4, 0.5) is 0 Å². The zero-order chi connectivity index (χ0) is 13.1. The van der Waals surface area contributed by atoms with E-state index >= 15 is 0 Å². The third-order valence-corrected chi connectivity index (χ3v) is 4.16. The van der Waals surface area contributed by atoms with Crippen LogP contribution in [0.25, 0.3) is 11.0 Å². The van der Waals surface area contributed by atoms with Gasteiger partial charge in [0.15, 0.2) is 0 Å². The van der Waals surface area contributed by atoms with Gasteiger partial charge in [0.05, 0.1) is 18.3 Å². The highest BCUT2D eigenvalue weighted by Gasteiger charge is 2.16. The fourth-order valence-electron chi connectivity index (χ4n) is 2.50. The standard InChI is InChI=1S/C13H18N4OS/c18-8-7-16-3-5-17(6-4-16)10-11-1-2-12-13(9-11)15-19-14-12/h1-2,9,18H,3-8,10H2. The number of piperazine rings is 1. The van der Waals surface area contributed by atoms with Crippen LogP contribution < -0.4 is 0 Å². The number of hydrogen-bond acceptors (Lipinski definition) is 6. The first-order chi connectivity index (χ1) is 9.35. The second-order valence-electron chi connectivity index (χ2n) is 4.93. The second-order valence-corrected chi connectivity index (χ2v) is 5.46. The number of β-amino-alcohol motifs (C(OH)–C–C–N with tert-alkyl or cyclic N) is 1. The van der Waals surface area contributed by atoms with Crippen molar-refractivity contribution in [3.05, 3.63) is 23.8 Å². The van der Waals surface area contributed by atoms with Crippen molar-refractivity contribution in [3.63, 3.8) is 0 Å². The molecule has 5 nitrogen and oxygen atoms in total. The molecule has 0 atom stereocenters. The maximum absolute atomic E-state index is 8.93. The molecule has 2 aromatic rings. The highest BCUT2D eigenvalue weighted by molar-refractivity contribution is 7.00. The lowest BCUT2D eigenvalue weighted by atomic mass is 10.1. The Balaban J connectivity index is 1.59. The Hall–Kier alpha value is -1.08. The van der Waals surface area contributed by atoms with Crippen molar-refractivity contribution in [3.8, 4) is 0 Å². The molecule has 2 heterocycles. The first-order valence-electron chi connectivity index (χ1n) is 6.62. The van der Waals surface area contributed by atoms with Crippen LogP contribution in [-0.2, 0) is 6.54 Å². The van der Waals surface area contributed by atoms with E-state index in [1.54, 1.807) is 0 Å². The fraction of sp³-hybridized carbons (Fsp3) is 0.538. The summed E-state index contributed by atoms with van der Waals surface area (Å²) in [6.07, 6.45) is 0. The van der Waals surface area contributed by atoms with E-state index in [0.717, 1.165) is 50.3 Å². The molecule has 1 saturated heterocycles. The van der Waals surface area contributed by atoms with Gasteiger partial charge in [0.25, 0.3) is 0 Å². The van der Waals surface area contributed by atoms with Gasteiger partial charge in [-0.2, -0.15) is 8.75 Å². The quantitative estimate of drug-likeness (QED) is 0.896. The minimum absolute atomic E-state index is 0.257. The molecule has 1 aromatic carbocycles. The second kappa shape index (κ2) is 5.92. The van der Waals surface area contributed by atoms with E-state index in [1.165, 1.54) is 17.3 Å². The Morgan fingerprint density at radius 3 is 2.58 bits per heavy atom. The Morgan fingerprint density at radius 2 is 1.79 bits per heavy atom. The van der Waals surface area contributed by atoms with Gasteiger partial charge >= 0.3 is 0 Å². The molecular weight excluding hydrogens is 260 g/mol. The van der Waals surface area contributed by atoms with Crippen molar-refractivity contribution in [2.24, 2.45) is 0 Å². The summed E-state index contributed by atoms with van der Waals surface area (Å²) in [6.45, 7) is 6.24. The lowest BCUT2D eigenvalue weighted by Gasteiger charge is -2.34. The van der Waals surface area contributed by atoms with Crippen LogP contribution in [0.5, 0.6) is 0 Å². The van der Waals surface area contributed by atoms with E-state index < -0.39 is 0 Å². The molecule has 0 amide bonds. The zero-order valence-corrected chi connectivity index (χ0v) is 11.6. The van der Waals surface area contributed by atoms with Gasteiger partial charge in [-0.3, -0.25) is 9.80 Å². The number of benzene rings is 1. The minimum atomic E-state index is 0.257. The molecule has 1 N–H and O–H groups in total. The van der Waals surface area contributed by atoms with Gasteiger partial charge in [-0.15, -0.1) is 0 Å². The van der Waals surface area contributed by atoms with Crippen molar-refractivity contribution in [2.45, 2.75) is 6.54 Å². The van der Waals surface area contributed by atoms with E-state index in [1.807, 2.05) is 0 Å². The van der Waals surface area contributed by atoms with E-state index in [9.17, 15) is 0 Å². The lowest BCUT2D eigenvalue weighted by Crippen LogP contribution is -2.46. The summed E-state index contributed by atoms with van der Waals surface area (Å²) < 4.78 is 8.51. The van der Waals surface area contributed by atoms with Crippen molar-refractivity contribution in [2.75, 3.05) is 39.3 Å². The number of nitrogens with zero attached hydrogens (tertiary/aromatic N) is 4. The normalized spacial score (nSPS) is 18.2. The SMILES string of the molecule is OCCN1CCN(Cc2ccc3nsnc3c2)CC1. The van der Waals surface area contributed by atoms with E-state index in [2.05, 4.69) is 36.7 Å². The molecule has 1 aliphatic rings. The largest absolute Gasteiger partial charge is 0.395 e. The zero-order valence-electron chi connectivity index (χ0n) is 10.8. The highest BCUT2D eigenvalue weighted by atomic mass is 32.1. The summed E-state index contributed by atoms with van der Waals surface area (Å²) in [5, 5.41) is 8.93. The molecule has 0 aliphatic carbocycles. The highest BCUT2D eigenvalue weighted by Crippen LogP contribution is 2.15. The summed E-state index contributed by atoms with van der Waals surface area (Å²) in [4.78, 5) is 4.76. The van der Waals surface area contributed by atoms with Crippen molar-refractivity contribution in [1.82, 2.24) is 18.5 Å². The van der Waals surface area contributed by atoms with Crippen LogP contribution in [0.15, 0.2) is 18.2 Å². The molecule has 1 aliphatic heterocycles. The Bertz CT molecular complexity index is 536. The molecule has 0 saturated carbocycles. The molecular formula is C13H18N4OS. The molecule has 0 bridgehead atoms. The summed E-state index contributed by atoms with van der Waals surface area (Å²) >= 11 is 1.27. The molecule has 0 unspecified atom stereocenters. The summed E-state index contributed by atoms with van der Waals surface area (Å²) in [7, 11) is 0. The van der Waals surface area contributed by atoms with Gasteiger partial charge in [0, 0.05) is 39.3 Å². The predicted molar refractivity (Wildman–Crippen MR) is 76.2 cm³/mol. The van der Waals surface area contributed by atoms with Crippen LogP contribution in [0, 0.1) is 0 Å². The number of rotatable bonds is 4. The van der Waals surface area contributed by atoms with Crippen LogP contribution in [0.3, 0.4) is 0 Å². The number of fused-ring (bicyclic) bond motifs is 1. The summed E-state index contributed by atoms with van der Waals surface area (Å²) in [6, 6.07) is 6.33. The lowest BCUT2D eigenvalue weighted by molar-refractivity contribution is 0.108. The van der Waals surface area contributed by atoms with Crippen molar-refractivity contribution < 1.29 is 5.11 Å². The van der Waals surface area contributed by atoms with Crippen LogP contribution >= 0.6 is 11.7 Å². The van der Waals surface area contributed by atoms with Crippen LogP contribution in [0.2, 0.25) is 0 Å². The Morgan fingerprint density at radius 1 is 1.05 bits per heavy atom. The van der Waals surface area contributed by atoms with Crippen molar-refractivity contribution >= 4 is 22.8 Å². The molecule has 0 spiro atoms. The average Bonchev–Trinajstić information content (AvgIpc) is 2.89. The molecule has 6 heteroatoms. The monoisotopic (exact) mass is 278 g/mol. The smallest absolute Gasteiger partial charge is 0.105 e. The maximum Gasteiger partial charge on any atom is 0.105 e. The van der Waals surface area contributed by atoms with Gasteiger partial charge in [0.2, 0.25) is 0 Å². The van der Waals surface area contributed by atoms with Crippen LogP contribution in [0.1, 0.15) is 5.56 Å². The number of aliphatic hydroxyl groups excluding tert-OH is 1. The van der Waals surface area contributed by atoms with Gasteiger partial charge in [-0.25, -0.2) is 0 Å². The molecule has 1 aromatic heterocycles. The maximum atomic E-state index is 8.93. The first kappa shape index (κ1) is 12.9. The molecule has 3 rings (SSSR count). The topological polar surface area (TPSA) is 52.5 Å². The summed E-state index contributed by atoms with van der Waals surface area (Å²) in [5.74, 6) is 0. The van der Waals surface area contributed by atoms with Gasteiger partial charge < -0.3 is 5.11 Å². The molecule has 102 valence electrons. The Labute approximate surface area is 116 Å². The third-order valence-electron chi connectivity index (χ3n) is 3.61. The molecule has 1 fully saturated rings. The molecule has 19 heavy (non-hydrogen) atoms. The number of aliphatic hydroxyl groups is 1. The van der Waals surface area contributed by atoms with Crippen molar-refractivity contribution in [1.29, 1.82) is 0 Å². The first-order valence-corrected chi connectivity index (χ1v) is 7.35. The van der Waals surface area contributed by atoms with Gasteiger partial charge in [-0.1, -0.05) is 6.07 Å². The van der Waals surface area contributed by atoms with Gasteiger partial charge in [0.1, 0.15) is 11.0 Å².